The predicted molar refractivity (Wildman–Crippen MR) is 200 cm³/mol. The van der Waals surface area contributed by atoms with Crippen LogP contribution >= 0.6 is 0 Å². The molecule has 49 heavy (non-hydrogen) atoms. The summed E-state index contributed by atoms with van der Waals surface area (Å²) in [4.78, 5) is 0. The summed E-state index contributed by atoms with van der Waals surface area (Å²) in [6.07, 6.45) is 0. The number of phenols is 5. The maximum atomic E-state index is 12.2. The summed E-state index contributed by atoms with van der Waals surface area (Å²) in [6, 6.07) is 39.4. The highest BCUT2D eigenvalue weighted by Gasteiger charge is 2.31. The molecule has 0 spiro atoms. The largest absolute Gasteiger partial charge is 0.508 e. The monoisotopic (exact) mass is 632 g/mol. The molecule has 7 heteroatoms. The summed E-state index contributed by atoms with van der Waals surface area (Å²) in [5.74, 6) is -2.21. The van der Waals surface area contributed by atoms with Crippen LogP contribution in [0.2, 0.25) is 0 Å². The van der Waals surface area contributed by atoms with Crippen LogP contribution in [0, 0.1) is 0 Å². The lowest BCUT2D eigenvalue weighted by Crippen LogP contribution is -2.26. The Labute approximate surface area is 284 Å². The smallest absolute Gasteiger partial charge is 0.169 e. The molecule has 0 bridgehead atoms. The average Bonchev–Trinajstić information content (AvgIpc) is 3.15. The Hall–Kier alpha value is -6.33. The third-order valence-corrected chi connectivity index (χ3v) is 9.33. The molecule has 0 saturated heterocycles. The third-order valence-electron chi connectivity index (χ3n) is 9.33. The zero-order valence-corrected chi connectivity index (χ0v) is 26.0. The van der Waals surface area contributed by atoms with Gasteiger partial charge in [0, 0.05) is 32.7 Å². The summed E-state index contributed by atoms with van der Waals surface area (Å²) < 4.78 is 0. The van der Waals surface area contributed by atoms with Gasteiger partial charge in [-0.2, -0.15) is 0 Å². The van der Waals surface area contributed by atoms with Crippen LogP contribution in [0.3, 0.4) is 0 Å². The van der Waals surface area contributed by atoms with Gasteiger partial charge in [0.15, 0.2) is 11.5 Å². The molecule has 0 aromatic heterocycles. The van der Waals surface area contributed by atoms with Crippen LogP contribution in [0.15, 0.2) is 127 Å². The molecule has 8 aromatic rings. The first kappa shape index (κ1) is 30.0. The Morgan fingerprint density at radius 1 is 0.306 bits per heavy atom. The van der Waals surface area contributed by atoms with Crippen LogP contribution in [0.5, 0.6) is 28.7 Å². The lowest BCUT2D eigenvalue weighted by molar-refractivity contribution is 0.404. The minimum Gasteiger partial charge on any atom is -0.508 e. The average molecular weight is 632 g/mol. The van der Waals surface area contributed by atoms with Crippen molar-refractivity contribution >= 4 is 58.9 Å². The number of rotatable bonds is 4. The van der Waals surface area contributed by atoms with E-state index in [9.17, 15) is 25.5 Å². The molecule has 0 amide bonds. The lowest BCUT2D eigenvalue weighted by Gasteiger charge is -2.24. The number of fused-ring (bicyclic) bond motifs is 3. The molecular formula is C42H26B2O5. The SMILES string of the molecule is [B]c1c([B])c(O)c2c(-c3ccccc3)c3c(O)c(-c4ccccc4)c(O)c(O)c3c(-c3ccc(-c4ccc5ccccc5c4)cc3)c2c1O. The van der Waals surface area contributed by atoms with E-state index in [4.69, 9.17) is 15.7 Å². The van der Waals surface area contributed by atoms with Crippen molar-refractivity contribution in [1.82, 2.24) is 0 Å². The maximum Gasteiger partial charge on any atom is 0.169 e. The molecule has 8 rings (SSSR count). The molecule has 0 aliphatic rings. The summed E-state index contributed by atoms with van der Waals surface area (Å²) in [6.45, 7) is 0. The topological polar surface area (TPSA) is 101 Å². The van der Waals surface area contributed by atoms with Gasteiger partial charge in [0.05, 0.1) is 5.56 Å². The summed E-state index contributed by atoms with van der Waals surface area (Å²) in [5, 5.41) is 61.7. The molecule has 0 saturated carbocycles. The summed E-state index contributed by atoms with van der Waals surface area (Å²) in [5.41, 5.74) is 3.47. The normalized spacial score (nSPS) is 11.4. The maximum absolute atomic E-state index is 12.2. The summed E-state index contributed by atoms with van der Waals surface area (Å²) in [7, 11) is 12.6. The van der Waals surface area contributed by atoms with Crippen molar-refractivity contribution in [3.63, 3.8) is 0 Å². The van der Waals surface area contributed by atoms with Gasteiger partial charge >= 0.3 is 0 Å². The Bertz CT molecular complexity index is 2600. The number of aromatic hydroxyl groups is 5. The zero-order valence-electron chi connectivity index (χ0n) is 26.0. The molecule has 0 heterocycles. The van der Waals surface area contributed by atoms with Crippen molar-refractivity contribution in [1.29, 1.82) is 0 Å². The van der Waals surface area contributed by atoms with E-state index in [2.05, 4.69) is 24.3 Å². The van der Waals surface area contributed by atoms with Crippen LogP contribution in [0.4, 0.5) is 0 Å². The first-order valence-corrected chi connectivity index (χ1v) is 15.7. The number of benzene rings is 8. The Morgan fingerprint density at radius 3 is 1.29 bits per heavy atom. The lowest BCUT2D eigenvalue weighted by atomic mass is 9.74. The Balaban J connectivity index is 1.53. The minimum absolute atomic E-state index is 0.00635. The highest BCUT2D eigenvalue weighted by Crippen LogP contribution is 2.58. The molecule has 0 atom stereocenters. The van der Waals surface area contributed by atoms with Crippen LogP contribution in [0.25, 0.3) is 76.8 Å². The fraction of sp³-hybridized carbons (Fsp3) is 0. The molecule has 0 unspecified atom stereocenters. The van der Waals surface area contributed by atoms with Crippen molar-refractivity contribution in [2.45, 2.75) is 0 Å². The van der Waals surface area contributed by atoms with Crippen molar-refractivity contribution in [3.8, 4) is 73.3 Å². The van der Waals surface area contributed by atoms with Gasteiger partial charge < -0.3 is 25.5 Å². The molecule has 0 aliphatic heterocycles. The van der Waals surface area contributed by atoms with E-state index in [0.29, 0.717) is 16.7 Å². The second-order valence-corrected chi connectivity index (χ2v) is 12.1. The number of phenolic OH excluding ortho intramolecular Hbond substituents is 5. The third kappa shape index (κ3) is 4.58. The molecule has 0 fully saturated rings. The highest BCUT2D eigenvalue weighted by atomic mass is 16.3. The van der Waals surface area contributed by atoms with Gasteiger partial charge in [-0.1, -0.05) is 132 Å². The van der Waals surface area contributed by atoms with Crippen molar-refractivity contribution in [3.05, 3.63) is 127 Å². The molecule has 230 valence electrons. The van der Waals surface area contributed by atoms with Gasteiger partial charge in [-0.3, -0.25) is 0 Å². The molecule has 5 nitrogen and oxygen atoms in total. The molecular weight excluding hydrogens is 606 g/mol. The fourth-order valence-electron chi connectivity index (χ4n) is 6.95. The predicted octanol–water partition coefficient (Wildman–Crippen LogP) is 7.93. The fourth-order valence-corrected chi connectivity index (χ4v) is 6.95. The van der Waals surface area contributed by atoms with Crippen LogP contribution in [0.1, 0.15) is 0 Å². The van der Waals surface area contributed by atoms with E-state index in [1.54, 1.807) is 54.6 Å². The summed E-state index contributed by atoms with van der Waals surface area (Å²) >= 11 is 0. The van der Waals surface area contributed by atoms with E-state index in [-0.39, 0.29) is 54.9 Å². The molecule has 8 aromatic carbocycles. The van der Waals surface area contributed by atoms with E-state index in [1.807, 2.05) is 48.5 Å². The van der Waals surface area contributed by atoms with Gasteiger partial charge in [0.25, 0.3) is 0 Å². The van der Waals surface area contributed by atoms with Gasteiger partial charge in [-0.15, -0.1) is 0 Å². The molecule has 0 aliphatic carbocycles. The first-order valence-electron chi connectivity index (χ1n) is 15.7. The second kappa shape index (κ2) is 11.4. The second-order valence-electron chi connectivity index (χ2n) is 12.1. The molecule has 4 radical (unpaired) electrons. The van der Waals surface area contributed by atoms with Crippen molar-refractivity contribution in [2.24, 2.45) is 0 Å². The standard InChI is InChI=1S/C42H26B2O5/c43-36-37(44)40(47)34-30(26-18-15-23(16-19-26)28-20-17-22-9-7-8-14-27(22)21-28)35-32(29(33(34)39(36)46)24-10-3-1-4-11-24)38(45)31(41(48)42(35)49)25-12-5-2-6-13-25/h1-21,45-49H. The first-order chi connectivity index (χ1) is 23.8. The Morgan fingerprint density at radius 2 is 0.714 bits per heavy atom. The van der Waals surface area contributed by atoms with E-state index < -0.39 is 23.0 Å². The van der Waals surface area contributed by atoms with Gasteiger partial charge in [0.1, 0.15) is 32.9 Å². The van der Waals surface area contributed by atoms with Crippen LogP contribution in [-0.2, 0) is 0 Å². The van der Waals surface area contributed by atoms with E-state index in [1.165, 1.54) is 0 Å². The minimum atomic E-state index is -0.546. The van der Waals surface area contributed by atoms with Gasteiger partial charge in [-0.05, 0) is 44.7 Å². The van der Waals surface area contributed by atoms with Crippen LogP contribution in [-0.4, -0.2) is 41.2 Å². The van der Waals surface area contributed by atoms with Crippen molar-refractivity contribution in [2.75, 3.05) is 0 Å². The van der Waals surface area contributed by atoms with Crippen molar-refractivity contribution < 1.29 is 25.5 Å². The number of hydrogen-bond donors (Lipinski definition) is 5. The highest BCUT2D eigenvalue weighted by molar-refractivity contribution is 6.53. The molecule has 5 N–H and O–H groups in total. The van der Waals surface area contributed by atoms with Gasteiger partial charge in [0.2, 0.25) is 0 Å². The number of hydrogen-bond acceptors (Lipinski definition) is 5. The zero-order chi connectivity index (χ0) is 34.0. The van der Waals surface area contributed by atoms with Crippen LogP contribution < -0.4 is 10.9 Å². The quantitative estimate of drug-likeness (QED) is 0.0588. The van der Waals surface area contributed by atoms with E-state index in [0.717, 1.165) is 21.9 Å². The van der Waals surface area contributed by atoms with Gasteiger partial charge in [-0.25, -0.2) is 0 Å². The van der Waals surface area contributed by atoms with E-state index >= 15 is 0 Å². The Kier molecular flexibility index (Phi) is 7.00.